The SMILES string of the molecule is CCc1ccccc1NCc1cccc(C(=O)N(CC)c2ccccc2)c1. The van der Waals surface area contributed by atoms with Crippen LogP contribution in [-0.4, -0.2) is 12.5 Å². The summed E-state index contributed by atoms with van der Waals surface area (Å²) in [5, 5.41) is 3.50. The van der Waals surface area contributed by atoms with E-state index in [1.54, 1.807) is 4.90 Å². The summed E-state index contributed by atoms with van der Waals surface area (Å²) >= 11 is 0. The van der Waals surface area contributed by atoms with Crippen molar-refractivity contribution in [1.82, 2.24) is 0 Å². The lowest BCUT2D eigenvalue weighted by atomic mass is 10.1. The number of aryl methyl sites for hydroxylation is 1. The molecule has 0 aliphatic carbocycles. The van der Waals surface area contributed by atoms with Crippen LogP contribution in [0, 0.1) is 0 Å². The van der Waals surface area contributed by atoms with E-state index in [4.69, 9.17) is 0 Å². The molecule has 3 nitrogen and oxygen atoms in total. The van der Waals surface area contributed by atoms with Crippen LogP contribution in [-0.2, 0) is 13.0 Å². The molecule has 0 heterocycles. The molecule has 0 aromatic heterocycles. The van der Waals surface area contributed by atoms with Gasteiger partial charge in [-0.25, -0.2) is 0 Å². The molecule has 138 valence electrons. The Labute approximate surface area is 161 Å². The number of anilines is 2. The van der Waals surface area contributed by atoms with Gasteiger partial charge < -0.3 is 10.2 Å². The molecule has 0 aliphatic heterocycles. The lowest BCUT2D eigenvalue weighted by Gasteiger charge is -2.21. The van der Waals surface area contributed by atoms with Gasteiger partial charge in [0.15, 0.2) is 0 Å². The van der Waals surface area contributed by atoms with Crippen LogP contribution in [0.5, 0.6) is 0 Å². The first-order valence-electron chi connectivity index (χ1n) is 9.50. The van der Waals surface area contributed by atoms with E-state index in [-0.39, 0.29) is 5.91 Å². The van der Waals surface area contributed by atoms with E-state index in [2.05, 4.69) is 36.5 Å². The highest BCUT2D eigenvalue weighted by Crippen LogP contribution is 2.19. The van der Waals surface area contributed by atoms with Crippen LogP contribution in [0.15, 0.2) is 78.9 Å². The van der Waals surface area contributed by atoms with Crippen molar-refractivity contribution in [1.29, 1.82) is 0 Å². The molecular formula is C24H26N2O. The minimum absolute atomic E-state index is 0.0273. The number of amides is 1. The summed E-state index contributed by atoms with van der Waals surface area (Å²) in [6.45, 7) is 5.48. The molecular weight excluding hydrogens is 332 g/mol. The fourth-order valence-electron chi connectivity index (χ4n) is 3.22. The van der Waals surface area contributed by atoms with Crippen LogP contribution in [0.2, 0.25) is 0 Å². The quantitative estimate of drug-likeness (QED) is 0.602. The molecule has 1 N–H and O–H groups in total. The van der Waals surface area contributed by atoms with Gasteiger partial charge in [0.1, 0.15) is 0 Å². The predicted molar refractivity (Wildman–Crippen MR) is 113 cm³/mol. The van der Waals surface area contributed by atoms with Crippen molar-refractivity contribution in [3.8, 4) is 0 Å². The lowest BCUT2D eigenvalue weighted by Crippen LogP contribution is -2.30. The van der Waals surface area contributed by atoms with E-state index >= 15 is 0 Å². The third kappa shape index (κ3) is 4.56. The maximum absolute atomic E-state index is 13.0. The van der Waals surface area contributed by atoms with Gasteiger partial charge in [0, 0.05) is 30.0 Å². The van der Waals surface area contributed by atoms with E-state index in [0.29, 0.717) is 18.7 Å². The molecule has 0 unspecified atom stereocenters. The second-order valence-electron chi connectivity index (χ2n) is 6.45. The summed E-state index contributed by atoms with van der Waals surface area (Å²) in [4.78, 5) is 14.8. The van der Waals surface area contributed by atoms with Crippen LogP contribution < -0.4 is 10.2 Å². The number of para-hydroxylation sites is 2. The second kappa shape index (κ2) is 9.04. The van der Waals surface area contributed by atoms with Gasteiger partial charge >= 0.3 is 0 Å². The Morgan fingerprint density at radius 3 is 2.37 bits per heavy atom. The van der Waals surface area contributed by atoms with Crippen molar-refractivity contribution >= 4 is 17.3 Å². The van der Waals surface area contributed by atoms with Gasteiger partial charge in [0.2, 0.25) is 0 Å². The van der Waals surface area contributed by atoms with Crippen molar-refractivity contribution < 1.29 is 4.79 Å². The average Bonchev–Trinajstić information content (AvgIpc) is 2.74. The first-order chi connectivity index (χ1) is 13.2. The van der Waals surface area contributed by atoms with Crippen molar-refractivity contribution in [2.45, 2.75) is 26.8 Å². The zero-order valence-corrected chi connectivity index (χ0v) is 16.0. The molecule has 0 saturated carbocycles. The standard InChI is InChI=1S/C24H26N2O/c1-3-20-12-8-9-16-23(20)25-18-19-11-10-13-21(17-19)24(27)26(4-2)22-14-6-5-7-15-22/h5-17,25H,3-4,18H2,1-2H3. The molecule has 0 fully saturated rings. The van der Waals surface area contributed by atoms with Gasteiger partial charge in [0.25, 0.3) is 5.91 Å². The lowest BCUT2D eigenvalue weighted by molar-refractivity contribution is 0.0988. The molecule has 1 amide bonds. The molecule has 3 heteroatoms. The van der Waals surface area contributed by atoms with Crippen molar-refractivity contribution in [2.75, 3.05) is 16.8 Å². The summed E-state index contributed by atoms with van der Waals surface area (Å²) in [5.41, 5.74) is 5.17. The Hall–Kier alpha value is -3.07. The zero-order chi connectivity index (χ0) is 19.1. The Bertz CT molecular complexity index is 890. The van der Waals surface area contributed by atoms with E-state index in [9.17, 15) is 4.79 Å². The molecule has 27 heavy (non-hydrogen) atoms. The first-order valence-corrected chi connectivity index (χ1v) is 9.50. The minimum atomic E-state index is 0.0273. The molecule has 0 spiro atoms. The summed E-state index contributed by atoms with van der Waals surface area (Å²) in [5.74, 6) is 0.0273. The van der Waals surface area contributed by atoms with Gasteiger partial charge in [-0.15, -0.1) is 0 Å². The maximum atomic E-state index is 13.0. The molecule has 0 aliphatic rings. The Balaban J connectivity index is 1.76. The van der Waals surface area contributed by atoms with Crippen molar-refractivity contribution in [3.05, 3.63) is 95.6 Å². The van der Waals surface area contributed by atoms with E-state index in [1.165, 1.54) is 5.56 Å². The average molecular weight is 358 g/mol. The normalized spacial score (nSPS) is 10.4. The zero-order valence-electron chi connectivity index (χ0n) is 16.0. The third-order valence-electron chi connectivity index (χ3n) is 4.68. The number of rotatable bonds is 7. The topological polar surface area (TPSA) is 32.3 Å². The van der Waals surface area contributed by atoms with Gasteiger partial charge in [-0.3, -0.25) is 4.79 Å². The molecule has 0 saturated heterocycles. The smallest absolute Gasteiger partial charge is 0.258 e. The first kappa shape index (κ1) is 18.7. The number of nitrogens with one attached hydrogen (secondary N) is 1. The van der Waals surface area contributed by atoms with Gasteiger partial charge in [-0.2, -0.15) is 0 Å². The molecule has 3 aromatic carbocycles. The Morgan fingerprint density at radius 2 is 1.63 bits per heavy atom. The summed E-state index contributed by atoms with van der Waals surface area (Å²) < 4.78 is 0. The van der Waals surface area contributed by atoms with Crippen LogP contribution in [0.3, 0.4) is 0 Å². The summed E-state index contributed by atoms with van der Waals surface area (Å²) in [6.07, 6.45) is 0.990. The van der Waals surface area contributed by atoms with Gasteiger partial charge in [-0.05, 0) is 54.8 Å². The van der Waals surface area contributed by atoms with E-state index < -0.39 is 0 Å². The highest BCUT2D eigenvalue weighted by atomic mass is 16.2. The van der Waals surface area contributed by atoms with Crippen LogP contribution in [0.1, 0.15) is 35.3 Å². The Kier molecular flexibility index (Phi) is 6.26. The third-order valence-corrected chi connectivity index (χ3v) is 4.68. The highest BCUT2D eigenvalue weighted by Gasteiger charge is 2.16. The van der Waals surface area contributed by atoms with E-state index in [0.717, 1.165) is 23.4 Å². The number of hydrogen-bond donors (Lipinski definition) is 1. The Morgan fingerprint density at radius 1 is 0.889 bits per heavy atom. The summed E-state index contributed by atoms with van der Waals surface area (Å²) in [6, 6.07) is 26.0. The van der Waals surface area contributed by atoms with Crippen LogP contribution in [0.4, 0.5) is 11.4 Å². The largest absolute Gasteiger partial charge is 0.381 e. The van der Waals surface area contributed by atoms with Crippen LogP contribution >= 0.6 is 0 Å². The number of benzene rings is 3. The van der Waals surface area contributed by atoms with Crippen LogP contribution in [0.25, 0.3) is 0 Å². The number of carbonyl (C=O) groups is 1. The molecule has 0 bridgehead atoms. The molecule has 0 radical (unpaired) electrons. The van der Waals surface area contributed by atoms with Gasteiger partial charge in [-0.1, -0.05) is 55.5 Å². The highest BCUT2D eigenvalue weighted by molar-refractivity contribution is 6.06. The summed E-state index contributed by atoms with van der Waals surface area (Å²) in [7, 11) is 0. The fraction of sp³-hybridized carbons (Fsp3) is 0.208. The molecule has 3 rings (SSSR count). The number of hydrogen-bond acceptors (Lipinski definition) is 2. The van der Waals surface area contributed by atoms with Crippen molar-refractivity contribution in [3.63, 3.8) is 0 Å². The number of nitrogens with zero attached hydrogens (tertiary/aromatic N) is 1. The molecule has 0 atom stereocenters. The molecule has 3 aromatic rings. The predicted octanol–water partition coefficient (Wildman–Crippen LogP) is 5.53. The van der Waals surface area contributed by atoms with Gasteiger partial charge in [0.05, 0.1) is 0 Å². The number of carbonyl (C=O) groups excluding carboxylic acids is 1. The second-order valence-corrected chi connectivity index (χ2v) is 6.45. The maximum Gasteiger partial charge on any atom is 0.258 e. The fourth-order valence-corrected chi connectivity index (χ4v) is 3.22. The minimum Gasteiger partial charge on any atom is -0.381 e. The van der Waals surface area contributed by atoms with Crippen molar-refractivity contribution in [2.24, 2.45) is 0 Å². The monoisotopic (exact) mass is 358 g/mol. The van der Waals surface area contributed by atoms with E-state index in [1.807, 2.05) is 61.5 Å².